The van der Waals surface area contributed by atoms with Crippen molar-refractivity contribution >= 4 is 99.3 Å². The van der Waals surface area contributed by atoms with Crippen molar-refractivity contribution in [3.05, 3.63) is 0 Å². The zero-order valence-electron chi connectivity index (χ0n) is 48.9. The minimum absolute atomic E-state index is 0.406. The maximum atomic E-state index is 13.6. The highest BCUT2D eigenvalue weighted by atomic mass is 33.1. The number of methoxy groups -OCH3 is 1. The summed E-state index contributed by atoms with van der Waals surface area (Å²) in [6, 6.07) is -3.13. The number of rotatable bonds is 26. The highest BCUT2D eigenvalue weighted by Gasteiger charge is 2.60. The first kappa shape index (κ1) is 72.6. The summed E-state index contributed by atoms with van der Waals surface area (Å²) in [5, 5.41) is 14.5. The van der Waals surface area contributed by atoms with Crippen molar-refractivity contribution in [3.63, 3.8) is 0 Å². The molecule has 85 heavy (non-hydrogen) atoms. The first-order chi connectivity index (χ1) is 39.6. The number of carbonyl (C=O) groups excluding carboxylic acids is 13. The van der Waals surface area contributed by atoms with E-state index in [0.717, 1.165) is 87.1 Å². The average Bonchev–Trinajstić information content (AvgIpc) is 1.13. The lowest BCUT2D eigenvalue weighted by molar-refractivity contribution is -0.372. The van der Waals surface area contributed by atoms with E-state index in [1.807, 2.05) is 0 Å². The van der Waals surface area contributed by atoms with Crippen LogP contribution < -0.4 is 10.6 Å². The molecule has 3 rings (SSSR count). The molecule has 0 bridgehead atoms. The topological polar surface area (TPSA) is 423 Å². The number of hydrogen-bond donors (Lipinski definition) is 3. The largest absolute Gasteiger partial charge is 0.467 e. The number of aliphatic hydroxyl groups is 1. The molecule has 3 aliphatic heterocycles. The second-order valence-corrected chi connectivity index (χ2v) is 22.1. The molecule has 0 aliphatic carbocycles. The van der Waals surface area contributed by atoms with E-state index in [9.17, 15) is 67.4 Å². The molecular formula is C50H72N2O31S2. The summed E-state index contributed by atoms with van der Waals surface area (Å²) in [6.07, 6.45) is -27.2. The molecule has 2 amide bonds. The summed E-state index contributed by atoms with van der Waals surface area (Å²) in [5.74, 6) is -12.5. The van der Waals surface area contributed by atoms with E-state index < -0.39 is 219 Å². The van der Waals surface area contributed by atoms with Gasteiger partial charge in [0.2, 0.25) is 5.91 Å². The molecule has 0 radical (unpaired) electrons. The van der Waals surface area contributed by atoms with Crippen LogP contribution in [0.2, 0.25) is 0 Å². The molecule has 0 aromatic rings. The Balaban J connectivity index is 2.27. The van der Waals surface area contributed by atoms with Crippen LogP contribution in [-0.4, -0.2) is 231 Å². The molecule has 3 fully saturated rings. The third-order valence-electron chi connectivity index (χ3n) is 11.2. The van der Waals surface area contributed by atoms with Crippen LogP contribution >= 0.6 is 21.6 Å². The van der Waals surface area contributed by atoms with Crippen molar-refractivity contribution < 1.29 is 148 Å². The molecule has 17 atom stereocenters. The van der Waals surface area contributed by atoms with Gasteiger partial charge >= 0.3 is 71.8 Å². The minimum Gasteiger partial charge on any atom is -0.467 e. The summed E-state index contributed by atoms with van der Waals surface area (Å²) < 4.78 is 97.2. The molecule has 3 saturated heterocycles. The van der Waals surface area contributed by atoms with Gasteiger partial charge in [-0.25, -0.2) is 9.59 Å². The van der Waals surface area contributed by atoms with E-state index in [1.54, 1.807) is 20.8 Å². The van der Waals surface area contributed by atoms with Crippen LogP contribution in [0.15, 0.2) is 0 Å². The Morgan fingerprint density at radius 2 is 0.812 bits per heavy atom. The number of alkyl carbamates (subject to hydrolysis) is 1. The monoisotopic (exact) mass is 1260 g/mol. The van der Waals surface area contributed by atoms with Gasteiger partial charge in [0.15, 0.2) is 66.8 Å². The van der Waals surface area contributed by atoms with Gasteiger partial charge < -0.3 is 96.3 Å². The van der Waals surface area contributed by atoms with Gasteiger partial charge in [-0.3, -0.25) is 52.7 Å². The van der Waals surface area contributed by atoms with E-state index in [-0.39, 0.29) is 0 Å². The lowest BCUT2D eigenvalue weighted by Gasteiger charge is -2.50. The normalized spacial score (nSPS) is 27.9. The van der Waals surface area contributed by atoms with Gasteiger partial charge in [-0.05, 0) is 20.8 Å². The highest BCUT2D eigenvalue weighted by Crippen LogP contribution is 2.42. The molecule has 3 heterocycles. The van der Waals surface area contributed by atoms with Gasteiger partial charge in [0.25, 0.3) is 0 Å². The summed E-state index contributed by atoms with van der Waals surface area (Å²) >= 11 is 0. The average molecular weight is 1260 g/mol. The van der Waals surface area contributed by atoms with Gasteiger partial charge in [-0.2, -0.15) is 0 Å². The van der Waals surface area contributed by atoms with E-state index in [2.05, 4.69) is 15.4 Å². The first-order valence-electron chi connectivity index (χ1n) is 25.8. The maximum Gasteiger partial charge on any atom is 0.408 e. The molecule has 480 valence electrons. The number of carbonyl (C=O) groups is 13. The van der Waals surface area contributed by atoms with Crippen molar-refractivity contribution in [1.82, 2.24) is 10.6 Å². The Morgan fingerprint density at radius 1 is 0.459 bits per heavy atom. The summed E-state index contributed by atoms with van der Waals surface area (Å²) in [7, 11) is 2.50. The van der Waals surface area contributed by atoms with Crippen molar-refractivity contribution in [2.24, 2.45) is 0 Å². The number of amides is 2. The summed E-state index contributed by atoms with van der Waals surface area (Å²) in [6.45, 7) is 11.0. The highest BCUT2D eigenvalue weighted by molar-refractivity contribution is 8.76. The van der Waals surface area contributed by atoms with Crippen molar-refractivity contribution in [2.45, 2.75) is 199 Å². The molecule has 0 spiro atoms. The molecule has 3 aliphatic rings. The summed E-state index contributed by atoms with van der Waals surface area (Å²) in [4.78, 5) is 166. The van der Waals surface area contributed by atoms with Crippen LogP contribution in [0.25, 0.3) is 0 Å². The van der Waals surface area contributed by atoms with Gasteiger partial charge in [0, 0.05) is 75.0 Å². The molecule has 0 saturated carbocycles. The zero-order valence-corrected chi connectivity index (χ0v) is 50.5. The van der Waals surface area contributed by atoms with Crippen molar-refractivity contribution in [1.29, 1.82) is 0 Å². The Morgan fingerprint density at radius 3 is 1.19 bits per heavy atom. The van der Waals surface area contributed by atoms with Gasteiger partial charge in [-0.15, -0.1) is 0 Å². The fourth-order valence-electron chi connectivity index (χ4n) is 8.23. The van der Waals surface area contributed by atoms with Crippen molar-refractivity contribution in [2.75, 3.05) is 39.3 Å². The smallest absolute Gasteiger partial charge is 0.408 e. The summed E-state index contributed by atoms with van der Waals surface area (Å²) in [5.41, 5.74) is -2.57. The number of ether oxygens (including phenoxy) is 17. The van der Waals surface area contributed by atoms with Gasteiger partial charge in [0.1, 0.15) is 62.0 Å². The zero-order chi connectivity index (χ0) is 64.2. The third-order valence-corrected chi connectivity index (χ3v) is 13.8. The molecule has 0 aromatic heterocycles. The molecular weight excluding hydrogens is 1190 g/mol. The van der Waals surface area contributed by atoms with E-state index in [1.165, 1.54) is 0 Å². The van der Waals surface area contributed by atoms with Gasteiger partial charge in [0.05, 0.1) is 13.7 Å². The van der Waals surface area contributed by atoms with Crippen LogP contribution in [0.1, 0.15) is 90.0 Å². The minimum atomic E-state index is -2.13. The molecule has 3 N–H and O–H groups in total. The number of nitrogens with one attached hydrogen (secondary N) is 2. The fourth-order valence-corrected chi connectivity index (χ4v) is 10.8. The Kier molecular flexibility index (Phi) is 29.0. The number of aliphatic hydroxyl groups excluding tert-OH is 1. The van der Waals surface area contributed by atoms with Crippen LogP contribution in [-0.2, 0) is 138 Å². The molecule has 35 heteroatoms. The Hall–Kier alpha value is -6.63. The van der Waals surface area contributed by atoms with Crippen LogP contribution in [0.5, 0.6) is 0 Å². The Bertz CT molecular complexity index is 2400. The molecule has 33 nitrogen and oxygen atoms in total. The third kappa shape index (κ3) is 24.0. The fraction of sp³-hybridized carbons (Fsp3) is 0.740. The predicted octanol–water partition coefficient (Wildman–Crippen LogP) is -0.932. The maximum absolute atomic E-state index is 13.6. The predicted molar refractivity (Wildman–Crippen MR) is 279 cm³/mol. The SMILES string of the molecule is COC(=O)[C@H](CO)NC(=O)[C@H](CSS[C@@H]1O[C@H](COC(C)=O)[C@H](O[C@H]2O[C@H](COC(C)=O)[C@@H](O[C@H]3O[C@H](COC(C)=O)[C@@H](OC(C)=O)[C@H](OC(C)=O)[C@H]3OC(C)=O)[C@H](OC(C)=O)[C@H]2OC(C)=O)[C@H](OC(C)=O)[C@H]1OC(C)=O)NC(=O)OC(C)(C)C. The van der Waals surface area contributed by atoms with Crippen LogP contribution in [0.4, 0.5) is 4.79 Å². The quantitative estimate of drug-likeness (QED) is 0.0535. The van der Waals surface area contributed by atoms with Gasteiger partial charge in [-0.1, -0.05) is 21.6 Å². The standard InChI is InChI=1S/C50H72N2O31S2/c1-20(54)68-16-32-35(71-23(4)57)38(72-24(5)58)41(75-27(8)61)46(78-32)81-36-33(17-69-21(2)55)79-47(42(76-28(9)62)39(36)73-25(6)59)82-37-34(18-70-22(3)56)80-48(43(77-29(10)63)40(37)74-26(7)60)85-84-19-31(52-49(66)83-50(11,12)13)44(64)51-30(15-53)45(65)67-14/h30-43,46-48,53H,15-19H2,1-14H3,(H,51,64)(H,52,66)/t30-,31-,32+,33+,34+,35+,36+,37-,38-,39-,40-,41+,42+,43+,46+,47+,48-/m0/s1. The Labute approximate surface area is 494 Å². The molecule has 0 aromatic carbocycles. The molecule has 0 unspecified atom stereocenters. The second kappa shape index (κ2) is 33.9. The first-order valence-corrected chi connectivity index (χ1v) is 28.2. The van der Waals surface area contributed by atoms with E-state index >= 15 is 0 Å². The van der Waals surface area contributed by atoms with Crippen molar-refractivity contribution in [3.8, 4) is 0 Å². The van der Waals surface area contributed by atoms with E-state index in [4.69, 9.17) is 75.8 Å². The number of esters is 11. The van der Waals surface area contributed by atoms with Crippen LogP contribution in [0.3, 0.4) is 0 Å². The van der Waals surface area contributed by atoms with Crippen LogP contribution in [0, 0.1) is 0 Å². The van der Waals surface area contributed by atoms with E-state index in [0.29, 0.717) is 10.8 Å². The number of hydrogen-bond acceptors (Lipinski definition) is 33. The lowest BCUT2D eigenvalue weighted by atomic mass is 9.95. The second-order valence-electron chi connectivity index (χ2n) is 19.6. The lowest BCUT2D eigenvalue weighted by Crippen LogP contribution is -2.68.